The van der Waals surface area contributed by atoms with Crippen LogP contribution in [0.4, 0.5) is 0 Å². The van der Waals surface area contributed by atoms with Crippen LogP contribution in [-0.4, -0.2) is 11.1 Å². The van der Waals surface area contributed by atoms with Crippen LogP contribution >= 0.6 is 0 Å². The summed E-state index contributed by atoms with van der Waals surface area (Å²) in [5, 5.41) is 9.14. The van der Waals surface area contributed by atoms with Crippen LogP contribution < -0.4 is 0 Å². The molecular formula is C15H28O2. The Morgan fingerprint density at radius 1 is 1.53 bits per heavy atom. The van der Waals surface area contributed by atoms with Crippen LogP contribution in [0.3, 0.4) is 0 Å². The maximum Gasteiger partial charge on any atom is 0.306 e. The van der Waals surface area contributed by atoms with Gasteiger partial charge < -0.3 is 5.11 Å². The fourth-order valence-electron chi connectivity index (χ4n) is 3.04. The second-order valence-corrected chi connectivity index (χ2v) is 4.94. The highest BCUT2D eigenvalue weighted by Crippen LogP contribution is 2.40. The SMILES string of the molecule is C.C/C=C1\C(CCC)CCCC1C(C)C(=O)O. The van der Waals surface area contributed by atoms with E-state index in [0.29, 0.717) is 5.92 Å². The van der Waals surface area contributed by atoms with Gasteiger partial charge >= 0.3 is 5.97 Å². The lowest BCUT2D eigenvalue weighted by molar-refractivity contribution is -0.142. The zero-order valence-electron chi connectivity index (χ0n) is 10.7. The van der Waals surface area contributed by atoms with E-state index in [1.165, 1.54) is 31.3 Å². The molecule has 1 aliphatic rings. The van der Waals surface area contributed by atoms with Crippen molar-refractivity contribution in [3.8, 4) is 0 Å². The normalized spacial score (nSPS) is 28.5. The lowest BCUT2D eigenvalue weighted by atomic mass is 9.70. The number of hydrogen-bond donors (Lipinski definition) is 1. The number of carbonyl (C=O) groups is 1. The van der Waals surface area contributed by atoms with Gasteiger partial charge in [-0.15, -0.1) is 0 Å². The minimum atomic E-state index is -0.651. The standard InChI is InChI=1S/C14H24O2.CH4/c1-4-7-11-8-6-9-13(12(11)5-2)10(3)14(15)16;/h5,10-11,13H,4,6-9H2,1-3H3,(H,15,16);1H4/b12-5+;. The molecule has 0 aromatic carbocycles. The first-order chi connectivity index (χ1) is 7.61. The zero-order valence-corrected chi connectivity index (χ0v) is 10.7. The highest BCUT2D eigenvalue weighted by Gasteiger charge is 2.32. The first-order valence-corrected chi connectivity index (χ1v) is 6.50. The topological polar surface area (TPSA) is 37.3 Å². The van der Waals surface area contributed by atoms with Crippen molar-refractivity contribution in [3.63, 3.8) is 0 Å². The average molecular weight is 240 g/mol. The Kier molecular flexibility index (Phi) is 7.17. The number of carboxylic acids is 1. The van der Waals surface area contributed by atoms with Crippen molar-refractivity contribution in [3.05, 3.63) is 11.6 Å². The summed E-state index contributed by atoms with van der Waals surface area (Å²) < 4.78 is 0. The molecule has 2 nitrogen and oxygen atoms in total. The fraction of sp³-hybridized carbons (Fsp3) is 0.800. The molecular weight excluding hydrogens is 212 g/mol. The third-order valence-electron chi connectivity index (χ3n) is 3.93. The number of allylic oxidation sites excluding steroid dienone is 2. The van der Waals surface area contributed by atoms with Crippen molar-refractivity contribution in [1.29, 1.82) is 0 Å². The van der Waals surface area contributed by atoms with Gasteiger partial charge in [-0.1, -0.05) is 45.8 Å². The molecule has 3 atom stereocenters. The second-order valence-electron chi connectivity index (χ2n) is 4.94. The van der Waals surface area contributed by atoms with E-state index >= 15 is 0 Å². The smallest absolute Gasteiger partial charge is 0.306 e. The van der Waals surface area contributed by atoms with Gasteiger partial charge in [0.2, 0.25) is 0 Å². The van der Waals surface area contributed by atoms with Crippen LogP contribution in [0.25, 0.3) is 0 Å². The van der Waals surface area contributed by atoms with Crippen LogP contribution in [0.1, 0.15) is 60.3 Å². The molecule has 3 unspecified atom stereocenters. The molecule has 1 rings (SSSR count). The highest BCUT2D eigenvalue weighted by molar-refractivity contribution is 5.70. The lowest BCUT2D eigenvalue weighted by Gasteiger charge is -2.34. The largest absolute Gasteiger partial charge is 0.481 e. The van der Waals surface area contributed by atoms with E-state index in [-0.39, 0.29) is 19.3 Å². The Bertz CT molecular complexity index is 266. The maximum atomic E-state index is 11.1. The molecule has 1 N–H and O–H groups in total. The third-order valence-corrected chi connectivity index (χ3v) is 3.93. The first-order valence-electron chi connectivity index (χ1n) is 6.50. The molecule has 100 valence electrons. The Hall–Kier alpha value is -0.790. The number of carboxylic acid groups (broad SMARTS) is 1. The minimum absolute atomic E-state index is 0. The average Bonchev–Trinajstić information content (AvgIpc) is 2.28. The van der Waals surface area contributed by atoms with E-state index in [9.17, 15) is 4.79 Å². The molecule has 0 spiro atoms. The molecule has 0 radical (unpaired) electrons. The van der Waals surface area contributed by atoms with E-state index < -0.39 is 5.97 Å². The van der Waals surface area contributed by atoms with E-state index in [1.54, 1.807) is 0 Å². The van der Waals surface area contributed by atoms with Crippen LogP contribution in [0.15, 0.2) is 11.6 Å². The maximum absolute atomic E-state index is 11.1. The van der Waals surface area contributed by atoms with Crippen molar-refractivity contribution in [2.45, 2.75) is 60.3 Å². The van der Waals surface area contributed by atoms with Crippen LogP contribution in [0.5, 0.6) is 0 Å². The van der Waals surface area contributed by atoms with Gasteiger partial charge in [-0.25, -0.2) is 0 Å². The van der Waals surface area contributed by atoms with Crippen molar-refractivity contribution in [2.75, 3.05) is 0 Å². The molecule has 1 aliphatic carbocycles. The zero-order chi connectivity index (χ0) is 12.1. The molecule has 0 aliphatic heterocycles. The summed E-state index contributed by atoms with van der Waals surface area (Å²) in [6, 6.07) is 0. The molecule has 0 amide bonds. The van der Waals surface area contributed by atoms with E-state index in [1.807, 2.05) is 6.92 Å². The first kappa shape index (κ1) is 16.2. The van der Waals surface area contributed by atoms with Gasteiger partial charge in [-0.3, -0.25) is 4.79 Å². The van der Waals surface area contributed by atoms with Crippen molar-refractivity contribution in [2.24, 2.45) is 17.8 Å². The van der Waals surface area contributed by atoms with Gasteiger partial charge in [-0.2, -0.15) is 0 Å². The molecule has 0 saturated heterocycles. The Balaban J connectivity index is 0.00000256. The van der Waals surface area contributed by atoms with E-state index in [4.69, 9.17) is 5.11 Å². The Morgan fingerprint density at radius 3 is 2.65 bits per heavy atom. The molecule has 17 heavy (non-hydrogen) atoms. The predicted molar refractivity (Wildman–Crippen MR) is 73.0 cm³/mol. The molecule has 0 aromatic heterocycles. The minimum Gasteiger partial charge on any atom is -0.481 e. The van der Waals surface area contributed by atoms with Gasteiger partial charge in [0.1, 0.15) is 0 Å². The van der Waals surface area contributed by atoms with Crippen molar-refractivity contribution < 1.29 is 9.90 Å². The van der Waals surface area contributed by atoms with Crippen molar-refractivity contribution >= 4 is 5.97 Å². The third kappa shape index (κ3) is 3.86. The molecule has 0 heterocycles. The quantitative estimate of drug-likeness (QED) is 0.734. The summed E-state index contributed by atoms with van der Waals surface area (Å²) in [5.41, 5.74) is 1.41. The van der Waals surface area contributed by atoms with Gasteiger partial charge in [0.05, 0.1) is 5.92 Å². The highest BCUT2D eigenvalue weighted by atomic mass is 16.4. The van der Waals surface area contributed by atoms with E-state index in [0.717, 1.165) is 6.42 Å². The molecule has 0 aromatic rings. The molecule has 0 bridgehead atoms. The summed E-state index contributed by atoms with van der Waals surface area (Å²) >= 11 is 0. The van der Waals surface area contributed by atoms with Crippen LogP contribution in [0, 0.1) is 17.8 Å². The lowest BCUT2D eigenvalue weighted by Crippen LogP contribution is -2.28. The molecule has 1 fully saturated rings. The Morgan fingerprint density at radius 2 is 2.18 bits per heavy atom. The molecule has 2 heteroatoms. The summed E-state index contributed by atoms with van der Waals surface area (Å²) in [5.74, 6) is 0.0238. The van der Waals surface area contributed by atoms with E-state index in [2.05, 4.69) is 19.9 Å². The van der Waals surface area contributed by atoms with Gasteiger partial charge in [0.15, 0.2) is 0 Å². The Labute approximate surface area is 106 Å². The van der Waals surface area contributed by atoms with Gasteiger partial charge in [0, 0.05) is 0 Å². The van der Waals surface area contributed by atoms with Crippen molar-refractivity contribution in [1.82, 2.24) is 0 Å². The molecule has 1 saturated carbocycles. The summed E-state index contributed by atoms with van der Waals surface area (Å²) in [4.78, 5) is 11.1. The number of hydrogen-bond acceptors (Lipinski definition) is 1. The van der Waals surface area contributed by atoms with Crippen LogP contribution in [0.2, 0.25) is 0 Å². The second kappa shape index (κ2) is 7.52. The summed E-state index contributed by atoms with van der Waals surface area (Å²) in [6.07, 6.45) is 8.05. The van der Waals surface area contributed by atoms with Crippen LogP contribution in [-0.2, 0) is 4.79 Å². The monoisotopic (exact) mass is 240 g/mol. The summed E-state index contributed by atoms with van der Waals surface area (Å²) in [7, 11) is 0. The fourth-order valence-corrected chi connectivity index (χ4v) is 3.04. The number of aliphatic carboxylic acids is 1. The van der Waals surface area contributed by atoms with Gasteiger partial charge in [-0.05, 0) is 38.0 Å². The van der Waals surface area contributed by atoms with Gasteiger partial charge in [0.25, 0.3) is 0 Å². The summed E-state index contributed by atoms with van der Waals surface area (Å²) in [6.45, 7) is 6.12. The number of rotatable bonds is 4. The predicted octanol–water partition coefficient (Wildman–Crippen LogP) is 4.51.